The fraction of sp³-hybridized carbons (Fsp3) is 0.125. The van der Waals surface area contributed by atoms with Crippen molar-refractivity contribution in [3.8, 4) is 0 Å². The Morgan fingerprint density at radius 2 is 1.81 bits per heavy atom. The van der Waals surface area contributed by atoms with Crippen LogP contribution in [0.5, 0.6) is 0 Å². The van der Waals surface area contributed by atoms with Crippen LogP contribution in [0.15, 0.2) is 48.5 Å². The Morgan fingerprint density at radius 3 is 2.27 bits per heavy atom. The minimum Gasteiger partial charge on any atom is -0.481 e. The Hall–Kier alpha value is -2.58. The summed E-state index contributed by atoms with van der Waals surface area (Å²) in [6.07, 6.45) is 0.0328. The average molecular weight is 426 g/mol. The molecule has 1 amide bonds. The number of nitrogens with one attached hydrogen (secondary N) is 1. The van der Waals surface area contributed by atoms with Crippen LogP contribution in [0, 0.1) is 0 Å². The first-order chi connectivity index (χ1) is 12.1. The van der Waals surface area contributed by atoms with Gasteiger partial charge in [-0.1, -0.05) is 12.1 Å². The van der Waals surface area contributed by atoms with Crippen molar-refractivity contribution >= 4 is 41.8 Å². The number of nitrogen functional groups attached to an aromatic ring is 1. The summed E-state index contributed by atoms with van der Waals surface area (Å²) in [7, 11) is 0. The zero-order valence-corrected chi connectivity index (χ0v) is 15.7. The molecule has 6 N–H and O–H groups in total. The molecule has 0 fully saturated rings. The monoisotopic (exact) mass is 426 g/mol. The van der Waals surface area contributed by atoms with E-state index in [0.29, 0.717) is 11.4 Å². The molecule has 2 rings (SSSR count). The van der Waals surface area contributed by atoms with E-state index < -0.39 is 20.1 Å². The molecule has 0 bridgehead atoms. The quantitative estimate of drug-likeness (QED) is 0.201. The average Bonchev–Trinajstić information content (AvgIpc) is 2.55. The summed E-state index contributed by atoms with van der Waals surface area (Å²) in [4.78, 5) is 20.9. The van der Waals surface area contributed by atoms with E-state index in [0.717, 1.165) is 5.56 Å². The van der Waals surface area contributed by atoms with Crippen molar-refractivity contribution in [1.82, 2.24) is 0 Å². The number of carbonyl (C=O) groups excluding carboxylic acids is 1. The van der Waals surface area contributed by atoms with Crippen molar-refractivity contribution in [2.24, 2.45) is 0 Å². The van der Waals surface area contributed by atoms with E-state index in [1.54, 1.807) is 24.3 Å². The van der Waals surface area contributed by atoms with Crippen LogP contribution in [-0.2, 0) is 23.6 Å². The molecule has 1 unspecified atom stereocenters. The van der Waals surface area contributed by atoms with E-state index in [4.69, 9.17) is 20.2 Å². The predicted molar refractivity (Wildman–Crippen MR) is 94.9 cm³/mol. The zero-order chi connectivity index (χ0) is 19.7. The minimum atomic E-state index is -4.76. The second-order valence-electron chi connectivity index (χ2n) is 5.15. The molecule has 0 aromatic heterocycles. The van der Waals surface area contributed by atoms with Gasteiger partial charge in [-0.15, -0.1) is 0 Å². The molecule has 0 saturated heterocycles. The third kappa shape index (κ3) is 7.54. The van der Waals surface area contributed by atoms with Crippen molar-refractivity contribution < 1.29 is 31.7 Å². The standard InChI is InChI=1S/C8H10AsNO5.C8H9NO2/c1-6(11)10-8-4-2-7(3-5-8)9(12,13)15-14;9-7-3-1-2-6(4-7)5-8(10)11/h2-5,14H,1H3,(H,10,11)(H,12,13);1-4H,5,9H2,(H,10,11). The Morgan fingerprint density at radius 1 is 1.19 bits per heavy atom. The molecule has 0 aliphatic heterocycles. The number of amides is 1. The molecule has 2 aromatic carbocycles. The Balaban J connectivity index is 0.000000273. The van der Waals surface area contributed by atoms with Gasteiger partial charge in [0.15, 0.2) is 0 Å². The van der Waals surface area contributed by atoms with E-state index >= 15 is 0 Å². The molecule has 0 spiro atoms. The molecule has 0 saturated carbocycles. The second-order valence-corrected chi connectivity index (χ2v) is 8.76. The number of hydrogen-bond donors (Lipinski definition) is 5. The van der Waals surface area contributed by atoms with Crippen LogP contribution in [0.2, 0.25) is 0 Å². The molecular weight excluding hydrogens is 407 g/mol. The van der Waals surface area contributed by atoms with Crippen molar-refractivity contribution in [2.45, 2.75) is 13.3 Å². The predicted octanol–water partition coefficient (Wildman–Crippen LogP) is 0.599. The minimum absolute atomic E-state index is 0.00438. The number of anilines is 2. The van der Waals surface area contributed by atoms with Crippen LogP contribution < -0.4 is 15.4 Å². The number of carboxylic acid groups (broad SMARTS) is 1. The molecule has 0 heterocycles. The van der Waals surface area contributed by atoms with Gasteiger partial charge in [0.2, 0.25) is 0 Å². The van der Waals surface area contributed by atoms with Gasteiger partial charge >= 0.3 is 94.4 Å². The molecule has 2 aromatic rings. The normalized spacial score (nSPS) is 12.3. The van der Waals surface area contributed by atoms with Gasteiger partial charge in [-0.2, -0.15) is 0 Å². The molecule has 140 valence electrons. The number of nitrogens with two attached hydrogens (primary N) is 1. The second kappa shape index (κ2) is 9.79. The van der Waals surface area contributed by atoms with Gasteiger partial charge in [0.1, 0.15) is 0 Å². The van der Waals surface area contributed by atoms with Crippen LogP contribution in [0.1, 0.15) is 12.5 Å². The summed E-state index contributed by atoms with van der Waals surface area (Å²) in [5, 5.41) is 19.1. The first-order valence-electron chi connectivity index (χ1n) is 7.24. The van der Waals surface area contributed by atoms with Gasteiger partial charge in [0, 0.05) is 5.69 Å². The Bertz CT molecular complexity index is 809. The van der Waals surface area contributed by atoms with Crippen molar-refractivity contribution in [1.29, 1.82) is 0 Å². The first kappa shape index (κ1) is 21.5. The van der Waals surface area contributed by atoms with Crippen molar-refractivity contribution in [2.75, 3.05) is 11.1 Å². The van der Waals surface area contributed by atoms with Crippen LogP contribution >= 0.6 is 0 Å². The smallest absolute Gasteiger partial charge is 0.307 e. The number of rotatable bonds is 5. The van der Waals surface area contributed by atoms with Crippen LogP contribution in [0.25, 0.3) is 0 Å². The van der Waals surface area contributed by atoms with Gasteiger partial charge in [0.05, 0.1) is 6.42 Å². The summed E-state index contributed by atoms with van der Waals surface area (Å²) in [6, 6.07) is 12.4. The molecule has 9 nitrogen and oxygen atoms in total. The van der Waals surface area contributed by atoms with Gasteiger partial charge in [-0.05, 0) is 17.7 Å². The van der Waals surface area contributed by atoms with E-state index in [2.05, 4.69) is 9.19 Å². The molecular formula is C16H19AsN2O7. The number of carbonyl (C=O) groups is 2. The van der Waals surface area contributed by atoms with Crippen LogP contribution in [0.3, 0.4) is 0 Å². The molecule has 10 heteroatoms. The number of benzene rings is 2. The maximum atomic E-state index is 11.2. The number of hydrogen-bond acceptors (Lipinski definition) is 6. The summed E-state index contributed by atoms with van der Waals surface area (Å²) >= 11 is -4.76. The SMILES string of the molecule is CC(=O)Nc1ccc([As](=O)(O)OO)cc1.Nc1cccc(CC(=O)O)c1. The van der Waals surface area contributed by atoms with Gasteiger partial charge < -0.3 is 10.8 Å². The molecule has 1 atom stereocenters. The van der Waals surface area contributed by atoms with Gasteiger partial charge in [-0.3, -0.25) is 4.79 Å². The third-order valence-corrected chi connectivity index (χ3v) is 5.39. The summed E-state index contributed by atoms with van der Waals surface area (Å²) in [6.45, 7) is 1.35. The fourth-order valence-corrected chi connectivity index (χ4v) is 3.16. The van der Waals surface area contributed by atoms with Crippen molar-refractivity contribution in [3.63, 3.8) is 0 Å². The largest absolute Gasteiger partial charge is 0.481 e. The maximum Gasteiger partial charge on any atom is 0.307 e. The van der Waals surface area contributed by atoms with Gasteiger partial charge in [-0.25, -0.2) is 0 Å². The fourth-order valence-electron chi connectivity index (χ4n) is 1.86. The van der Waals surface area contributed by atoms with E-state index in [1.165, 1.54) is 31.2 Å². The third-order valence-electron chi connectivity index (χ3n) is 2.93. The van der Waals surface area contributed by atoms with Crippen LogP contribution in [0.4, 0.5) is 11.4 Å². The topological polar surface area (TPSA) is 159 Å². The molecule has 0 aliphatic carbocycles. The van der Waals surface area contributed by atoms with E-state index in [-0.39, 0.29) is 16.7 Å². The number of aliphatic carboxylic acids is 1. The summed E-state index contributed by atoms with van der Waals surface area (Å²) in [5.74, 6) is -1.07. The molecule has 0 aliphatic rings. The van der Waals surface area contributed by atoms with Gasteiger partial charge in [0.25, 0.3) is 0 Å². The summed E-state index contributed by atoms with van der Waals surface area (Å²) < 4.78 is 23.8. The van der Waals surface area contributed by atoms with E-state index in [9.17, 15) is 13.3 Å². The summed E-state index contributed by atoms with van der Waals surface area (Å²) in [5.41, 5.74) is 7.28. The first-order valence-corrected chi connectivity index (χ1v) is 10.6. The molecule has 0 radical (unpaired) electrons. The van der Waals surface area contributed by atoms with Crippen molar-refractivity contribution in [3.05, 3.63) is 54.1 Å². The zero-order valence-electron chi connectivity index (χ0n) is 13.8. The van der Waals surface area contributed by atoms with E-state index in [1.807, 2.05) is 0 Å². The Kier molecular flexibility index (Phi) is 8.08. The maximum absolute atomic E-state index is 11.2. The Labute approximate surface area is 152 Å². The van der Waals surface area contributed by atoms with Crippen LogP contribution in [-0.4, -0.2) is 40.5 Å². The molecule has 26 heavy (non-hydrogen) atoms. The number of carboxylic acids is 1.